The van der Waals surface area contributed by atoms with Gasteiger partial charge in [0, 0.05) is 31.0 Å². The summed E-state index contributed by atoms with van der Waals surface area (Å²) in [4.78, 5) is 0. The van der Waals surface area contributed by atoms with E-state index < -0.39 is 0 Å². The lowest BCUT2D eigenvalue weighted by molar-refractivity contribution is 0.756. The summed E-state index contributed by atoms with van der Waals surface area (Å²) in [6.45, 7) is 4.78. The van der Waals surface area contributed by atoms with Crippen LogP contribution in [0.3, 0.4) is 0 Å². The Morgan fingerprint density at radius 3 is 2.76 bits per heavy atom. The maximum absolute atomic E-state index is 4.34. The number of tetrazole rings is 1. The summed E-state index contributed by atoms with van der Waals surface area (Å²) in [7, 11) is 1.93. The third-order valence-corrected chi connectivity index (χ3v) is 3.40. The minimum absolute atomic E-state index is 0.734. The lowest BCUT2D eigenvalue weighted by Gasteiger charge is -2.10. The number of rotatable bonds is 4. The first-order chi connectivity index (χ1) is 10.1. The molecule has 2 aromatic heterocycles. The van der Waals surface area contributed by atoms with Crippen LogP contribution in [0.15, 0.2) is 30.7 Å². The number of benzene rings is 1. The van der Waals surface area contributed by atoms with Crippen molar-refractivity contribution in [1.29, 1.82) is 0 Å². The van der Waals surface area contributed by atoms with Crippen LogP contribution in [-0.2, 0) is 13.6 Å². The highest BCUT2D eigenvalue weighted by atomic mass is 15.5. The molecule has 0 aliphatic carbocycles. The Balaban J connectivity index is 1.80. The van der Waals surface area contributed by atoms with Gasteiger partial charge in [0.25, 0.3) is 0 Å². The number of hydrogen-bond acceptors (Lipinski definition) is 5. The van der Waals surface area contributed by atoms with E-state index in [4.69, 9.17) is 0 Å². The zero-order valence-electron chi connectivity index (χ0n) is 12.3. The van der Waals surface area contributed by atoms with Crippen molar-refractivity contribution in [2.75, 3.05) is 5.32 Å². The first-order valence-electron chi connectivity index (χ1n) is 6.70. The lowest BCUT2D eigenvalue weighted by Crippen LogP contribution is -2.03. The van der Waals surface area contributed by atoms with Crippen molar-refractivity contribution in [3.05, 3.63) is 47.5 Å². The molecule has 0 fully saturated rings. The van der Waals surface area contributed by atoms with Crippen LogP contribution < -0.4 is 5.32 Å². The highest BCUT2D eigenvalue weighted by Crippen LogP contribution is 2.19. The van der Waals surface area contributed by atoms with E-state index in [1.807, 2.05) is 37.8 Å². The van der Waals surface area contributed by atoms with Crippen molar-refractivity contribution < 1.29 is 0 Å². The Bertz CT molecular complexity index is 743. The minimum Gasteiger partial charge on any atom is -0.381 e. The van der Waals surface area contributed by atoms with Gasteiger partial charge < -0.3 is 5.32 Å². The summed E-state index contributed by atoms with van der Waals surface area (Å²) in [5, 5.41) is 19.0. The van der Waals surface area contributed by atoms with E-state index in [2.05, 4.69) is 38.1 Å². The Morgan fingerprint density at radius 1 is 1.24 bits per heavy atom. The van der Waals surface area contributed by atoms with Gasteiger partial charge >= 0.3 is 0 Å². The van der Waals surface area contributed by atoms with Crippen molar-refractivity contribution in [2.24, 2.45) is 7.05 Å². The van der Waals surface area contributed by atoms with Crippen molar-refractivity contribution >= 4 is 5.69 Å². The summed E-state index contributed by atoms with van der Waals surface area (Å²) in [6, 6.07) is 6.14. The van der Waals surface area contributed by atoms with Crippen molar-refractivity contribution in [3.63, 3.8) is 0 Å². The second kappa shape index (κ2) is 5.35. The Morgan fingerprint density at radius 2 is 2.10 bits per heavy atom. The average Bonchev–Trinajstić information content (AvgIpc) is 3.08. The van der Waals surface area contributed by atoms with Crippen LogP contribution in [0, 0.1) is 13.8 Å². The molecule has 7 nitrogen and oxygen atoms in total. The van der Waals surface area contributed by atoms with Crippen LogP contribution in [-0.4, -0.2) is 30.0 Å². The molecule has 0 saturated heterocycles. The summed E-state index contributed by atoms with van der Waals surface area (Å²) < 4.78 is 3.49. The largest absolute Gasteiger partial charge is 0.381 e. The predicted molar refractivity (Wildman–Crippen MR) is 79.2 cm³/mol. The highest BCUT2D eigenvalue weighted by Gasteiger charge is 2.06. The zero-order valence-corrected chi connectivity index (χ0v) is 12.3. The van der Waals surface area contributed by atoms with Gasteiger partial charge in [-0.1, -0.05) is 6.07 Å². The molecule has 1 aromatic carbocycles. The summed E-state index contributed by atoms with van der Waals surface area (Å²) in [5.74, 6) is 0. The van der Waals surface area contributed by atoms with Gasteiger partial charge in [0.05, 0.1) is 11.4 Å². The Hall–Kier alpha value is -2.70. The first-order valence-corrected chi connectivity index (χ1v) is 6.70. The fourth-order valence-electron chi connectivity index (χ4n) is 2.26. The van der Waals surface area contributed by atoms with Gasteiger partial charge in [0.2, 0.25) is 0 Å². The van der Waals surface area contributed by atoms with Crippen LogP contribution >= 0.6 is 0 Å². The molecule has 0 aliphatic rings. The molecule has 0 amide bonds. The van der Waals surface area contributed by atoms with Gasteiger partial charge in [-0.25, -0.2) is 4.68 Å². The summed E-state index contributed by atoms with van der Waals surface area (Å²) >= 11 is 0. The van der Waals surface area contributed by atoms with E-state index in [0.29, 0.717) is 0 Å². The third kappa shape index (κ3) is 2.76. The van der Waals surface area contributed by atoms with Gasteiger partial charge in [0.15, 0.2) is 0 Å². The molecule has 3 aromatic rings. The molecule has 0 bridgehead atoms. The van der Waals surface area contributed by atoms with E-state index in [0.717, 1.165) is 29.2 Å². The molecule has 0 spiro atoms. The predicted octanol–water partition coefficient (Wildman–Crippen LogP) is 1.62. The smallest absolute Gasteiger partial charge is 0.143 e. The van der Waals surface area contributed by atoms with Gasteiger partial charge in [-0.3, -0.25) is 4.68 Å². The van der Waals surface area contributed by atoms with Crippen LogP contribution in [0.25, 0.3) is 5.69 Å². The highest BCUT2D eigenvalue weighted by molar-refractivity contribution is 5.54. The number of aromatic nitrogens is 6. The molecule has 0 radical (unpaired) electrons. The Labute approximate surface area is 122 Å². The number of nitrogens with zero attached hydrogens (tertiary/aromatic N) is 6. The molecule has 21 heavy (non-hydrogen) atoms. The van der Waals surface area contributed by atoms with Crippen LogP contribution in [0.5, 0.6) is 0 Å². The number of nitrogens with one attached hydrogen (secondary N) is 1. The average molecular weight is 283 g/mol. The van der Waals surface area contributed by atoms with Gasteiger partial charge in [-0.2, -0.15) is 5.10 Å². The normalized spacial score (nSPS) is 10.8. The van der Waals surface area contributed by atoms with Crippen LogP contribution in [0.2, 0.25) is 0 Å². The fourth-order valence-corrected chi connectivity index (χ4v) is 2.26. The molecule has 0 aliphatic heterocycles. The molecule has 2 heterocycles. The van der Waals surface area contributed by atoms with Crippen LogP contribution in [0.1, 0.15) is 16.8 Å². The number of hydrogen-bond donors (Lipinski definition) is 1. The van der Waals surface area contributed by atoms with Gasteiger partial charge in [0.1, 0.15) is 6.33 Å². The first kappa shape index (κ1) is 13.3. The molecule has 3 rings (SSSR count). The molecular weight excluding hydrogens is 266 g/mol. The second-order valence-corrected chi connectivity index (χ2v) is 5.02. The summed E-state index contributed by atoms with van der Waals surface area (Å²) in [6.07, 6.45) is 3.62. The molecule has 0 atom stereocenters. The molecule has 7 heteroatoms. The van der Waals surface area contributed by atoms with Crippen LogP contribution in [0.4, 0.5) is 5.69 Å². The van der Waals surface area contributed by atoms with E-state index in [9.17, 15) is 0 Å². The standard InChI is InChI=1S/C14H17N7/c1-10-4-5-13(6-14(10)21-9-16-18-19-21)15-7-12-8-20(3)17-11(12)2/h4-6,8-9,15H,7H2,1-3H3. The maximum atomic E-state index is 4.34. The number of aryl methyl sites for hydroxylation is 3. The van der Waals surface area contributed by atoms with E-state index in [-0.39, 0.29) is 0 Å². The third-order valence-electron chi connectivity index (χ3n) is 3.40. The quantitative estimate of drug-likeness (QED) is 0.787. The lowest BCUT2D eigenvalue weighted by atomic mass is 10.1. The molecule has 1 N–H and O–H groups in total. The maximum Gasteiger partial charge on any atom is 0.143 e. The van der Waals surface area contributed by atoms with Gasteiger partial charge in [-0.15, -0.1) is 5.10 Å². The minimum atomic E-state index is 0.734. The summed E-state index contributed by atoms with van der Waals surface area (Å²) in [5.41, 5.74) is 5.33. The van der Waals surface area contributed by atoms with Gasteiger partial charge in [-0.05, 0) is 42.0 Å². The van der Waals surface area contributed by atoms with Crippen molar-refractivity contribution in [3.8, 4) is 5.69 Å². The topological polar surface area (TPSA) is 73.5 Å². The zero-order chi connectivity index (χ0) is 14.8. The molecule has 108 valence electrons. The van der Waals surface area contributed by atoms with E-state index >= 15 is 0 Å². The monoisotopic (exact) mass is 283 g/mol. The van der Waals surface area contributed by atoms with E-state index in [1.165, 1.54) is 5.56 Å². The molecule has 0 unspecified atom stereocenters. The fraction of sp³-hybridized carbons (Fsp3) is 0.286. The number of anilines is 1. The Kier molecular flexibility index (Phi) is 3.39. The van der Waals surface area contributed by atoms with Crippen molar-refractivity contribution in [2.45, 2.75) is 20.4 Å². The SMILES string of the molecule is Cc1ccc(NCc2cn(C)nc2C)cc1-n1cnnn1. The molecular formula is C14H17N7. The molecule has 0 saturated carbocycles. The second-order valence-electron chi connectivity index (χ2n) is 5.02. The van der Waals surface area contributed by atoms with Crippen molar-refractivity contribution in [1.82, 2.24) is 30.0 Å². The van der Waals surface area contributed by atoms with E-state index in [1.54, 1.807) is 11.0 Å².